The highest BCUT2D eigenvalue weighted by Gasteiger charge is 2.34. The molecule has 3 aromatic carbocycles. The van der Waals surface area contributed by atoms with Crippen molar-refractivity contribution in [3.8, 4) is 5.75 Å². The van der Waals surface area contributed by atoms with E-state index in [-0.39, 0.29) is 23.0 Å². The normalized spacial score (nSPS) is 14.5. The second-order valence-electron chi connectivity index (χ2n) is 12.1. The molecule has 10 nitrogen and oxygen atoms in total. The summed E-state index contributed by atoms with van der Waals surface area (Å²) in [6, 6.07) is 19.8. The molecular weight excluding hydrogens is 628 g/mol. The van der Waals surface area contributed by atoms with E-state index in [0.29, 0.717) is 47.5 Å². The number of ether oxygens (including phenoxy) is 1. The highest BCUT2D eigenvalue weighted by atomic mass is 35.5. The summed E-state index contributed by atoms with van der Waals surface area (Å²) in [5.41, 5.74) is 0.961. The SMILES string of the molecule is CN(C(=O)OC(C)(C)C)[C@@H](Cc1ccc(OS(=O)(=O)c2cccc3cnccc23)cc1)C(=O)N1CCN(c2cccc(Cl)c2)CC1. The molecule has 12 heteroatoms. The van der Waals surface area contributed by atoms with Crippen molar-refractivity contribution in [1.82, 2.24) is 14.8 Å². The molecule has 4 aromatic rings. The molecule has 0 aliphatic carbocycles. The van der Waals surface area contributed by atoms with E-state index in [1.54, 1.807) is 81.4 Å². The van der Waals surface area contributed by atoms with Crippen LogP contribution in [0.5, 0.6) is 5.75 Å². The van der Waals surface area contributed by atoms with Gasteiger partial charge in [-0.25, -0.2) is 4.79 Å². The molecule has 1 aliphatic heterocycles. The van der Waals surface area contributed by atoms with Crippen molar-refractivity contribution in [1.29, 1.82) is 0 Å². The Balaban J connectivity index is 1.32. The van der Waals surface area contributed by atoms with E-state index < -0.39 is 27.9 Å². The molecule has 0 unspecified atom stereocenters. The van der Waals surface area contributed by atoms with Gasteiger partial charge in [-0.15, -0.1) is 0 Å². The molecule has 1 atom stereocenters. The number of benzene rings is 3. The van der Waals surface area contributed by atoms with Crippen molar-refractivity contribution in [2.24, 2.45) is 0 Å². The molecule has 2 amide bonds. The van der Waals surface area contributed by atoms with Gasteiger partial charge < -0.3 is 18.7 Å². The number of fused-ring (bicyclic) bond motifs is 1. The van der Waals surface area contributed by atoms with Crippen LogP contribution in [0.4, 0.5) is 10.5 Å². The fraction of sp³-hybridized carbons (Fsp3) is 0.324. The lowest BCUT2D eigenvalue weighted by Crippen LogP contribution is -2.56. The quantitative estimate of drug-likeness (QED) is 0.218. The second kappa shape index (κ2) is 13.6. The molecule has 46 heavy (non-hydrogen) atoms. The van der Waals surface area contributed by atoms with Gasteiger partial charge in [0.05, 0.1) is 0 Å². The molecule has 242 valence electrons. The van der Waals surface area contributed by atoms with Crippen molar-refractivity contribution < 1.29 is 26.9 Å². The number of carbonyl (C=O) groups is 2. The minimum Gasteiger partial charge on any atom is -0.444 e. The van der Waals surface area contributed by atoms with Crippen LogP contribution in [0, 0.1) is 0 Å². The Bertz CT molecular complexity index is 1810. The topological polar surface area (TPSA) is 109 Å². The first kappa shape index (κ1) is 33.0. The average Bonchev–Trinajstić information content (AvgIpc) is 3.02. The largest absolute Gasteiger partial charge is 0.444 e. The maximum absolute atomic E-state index is 14.0. The van der Waals surface area contributed by atoms with Gasteiger partial charge in [0, 0.05) is 73.5 Å². The van der Waals surface area contributed by atoms with Gasteiger partial charge in [-0.1, -0.05) is 41.9 Å². The van der Waals surface area contributed by atoms with Gasteiger partial charge in [-0.05, 0) is 68.8 Å². The summed E-state index contributed by atoms with van der Waals surface area (Å²) in [6.45, 7) is 7.48. The Labute approximate surface area is 274 Å². The number of amides is 2. The Hall–Kier alpha value is -4.35. The van der Waals surface area contributed by atoms with Crippen LogP contribution in [-0.2, 0) is 26.1 Å². The molecule has 1 aliphatic rings. The number of rotatable bonds is 8. The standard InChI is InChI=1S/C34H37ClN4O6S/c1-34(2,3)44-33(41)37(4)30(32(40)39-19-17-38(18-20-39)27-9-6-8-26(35)22-27)21-24-11-13-28(14-12-24)45-46(42,43)31-10-5-7-25-23-36-16-15-29(25)31/h5-16,22-23,30H,17-21H2,1-4H3/t30-/m0/s1. The smallest absolute Gasteiger partial charge is 0.410 e. The Morgan fingerprint density at radius 1 is 0.978 bits per heavy atom. The minimum atomic E-state index is -4.14. The molecule has 0 bridgehead atoms. The zero-order valence-electron chi connectivity index (χ0n) is 26.2. The molecule has 0 radical (unpaired) electrons. The highest BCUT2D eigenvalue weighted by molar-refractivity contribution is 7.87. The predicted molar refractivity (Wildman–Crippen MR) is 178 cm³/mol. The van der Waals surface area contributed by atoms with Gasteiger partial charge in [0.25, 0.3) is 0 Å². The van der Waals surface area contributed by atoms with Gasteiger partial charge in [-0.2, -0.15) is 8.42 Å². The number of piperazine rings is 1. The zero-order valence-corrected chi connectivity index (χ0v) is 27.8. The maximum Gasteiger partial charge on any atom is 0.410 e. The predicted octanol–water partition coefficient (Wildman–Crippen LogP) is 5.78. The highest BCUT2D eigenvalue weighted by Crippen LogP contribution is 2.27. The first-order chi connectivity index (χ1) is 21.8. The van der Waals surface area contributed by atoms with Crippen LogP contribution in [0.25, 0.3) is 10.8 Å². The Morgan fingerprint density at radius 3 is 2.35 bits per heavy atom. The fourth-order valence-electron chi connectivity index (χ4n) is 5.31. The van der Waals surface area contributed by atoms with E-state index in [0.717, 1.165) is 5.69 Å². The zero-order chi connectivity index (χ0) is 33.1. The number of carbonyl (C=O) groups excluding carboxylic acids is 2. The van der Waals surface area contributed by atoms with Gasteiger partial charge >= 0.3 is 16.2 Å². The van der Waals surface area contributed by atoms with Crippen LogP contribution < -0.4 is 9.08 Å². The molecule has 5 rings (SSSR count). The summed E-state index contributed by atoms with van der Waals surface area (Å²) < 4.78 is 37.4. The third kappa shape index (κ3) is 7.89. The minimum absolute atomic E-state index is 0.0385. The van der Waals surface area contributed by atoms with Gasteiger partial charge in [0.2, 0.25) is 5.91 Å². The number of likely N-dealkylation sites (N-methyl/N-ethyl adjacent to an activating group) is 1. The number of nitrogens with zero attached hydrogens (tertiary/aromatic N) is 4. The summed E-state index contributed by atoms with van der Waals surface area (Å²) in [6.07, 6.45) is 2.70. The fourth-order valence-corrected chi connectivity index (χ4v) is 6.65. The van der Waals surface area contributed by atoms with E-state index in [4.69, 9.17) is 20.5 Å². The third-order valence-electron chi connectivity index (χ3n) is 7.67. The average molecular weight is 665 g/mol. The van der Waals surface area contributed by atoms with Crippen molar-refractivity contribution in [3.63, 3.8) is 0 Å². The molecule has 0 spiro atoms. The monoisotopic (exact) mass is 664 g/mol. The number of hydrogen-bond acceptors (Lipinski definition) is 8. The maximum atomic E-state index is 14.0. The van der Waals surface area contributed by atoms with Crippen LogP contribution in [0.2, 0.25) is 5.02 Å². The van der Waals surface area contributed by atoms with Gasteiger partial charge in [0.1, 0.15) is 22.3 Å². The van der Waals surface area contributed by atoms with Crippen LogP contribution >= 0.6 is 11.6 Å². The lowest BCUT2D eigenvalue weighted by molar-refractivity contribution is -0.136. The van der Waals surface area contributed by atoms with Crippen LogP contribution in [0.3, 0.4) is 0 Å². The number of aromatic nitrogens is 1. The third-order valence-corrected chi connectivity index (χ3v) is 9.21. The number of anilines is 1. The van der Waals surface area contributed by atoms with Crippen LogP contribution in [0.1, 0.15) is 26.3 Å². The van der Waals surface area contributed by atoms with E-state index in [1.165, 1.54) is 17.2 Å². The van der Waals surface area contributed by atoms with E-state index in [1.807, 2.05) is 24.3 Å². The molecule has 2 heterocycles. The first-order valence-electron chi connectivity index (χ1n) is 14.9. The first-order valence-corrected chi connectivity index (χ1v) is 16.7. The number of hydrogen-bond donors (Lipinski definition) is 0. The van der Waals surface area contributed by atoms with Crippen molar-refractivity contribution in [3.05, 3.63) is 95.8 Å². The van der Waals surface area contributed by atoms with Crippen LogP contribution in [0.15, 0.2) is 90.1 Å². The summed E-state index contributed by atoms with van der Waals surface area (Å²) in [7, 11) is -2.58. The van der Waals surface area contributed by atoms with Crippen molar-refractivity contribution in [2.45, 2.75) is 43.7 Å². The van der Waals surface area contributed by atoms with Crippen molar-refractivity contribution in [2.75, 3.05) is 38.1 Å². The molecule has 1 aromatic heterocycles. The van der Waals surface area contributed by atoms with Gasteiger partial charge in [-0.3, -0.25) is 14.7 Å². The molecule has 0 saturated carbocycles. The Kier molecular flexibility index (Phi) is 9.74. The Morgan fingerprint density at radius 2 is 1.67 bits per heavy atom. The number of pyridine rings is 1. The summed E-state index contributed by atoms with van der Waals surface area (Å²) >= 11 is 6.18. The molecule has 0 N–H and O–H groups in total. The lowest BCUT2D eigenvalue weighted by atomic mass is 10.0. The molecular formula is C34H37ClN4O6S. The van der Waals surface area contributed by atoms with Crippen molar-refractivity contribution >= 4 is 50.2 Å². The van der Waals surface area contributed by atoms with E-state index >= 15 is 0 Å². The summed E-state index contributed by atoms with van der Waals surface area (Å²) in [5, 5.41) is 1.84. The summed E-state index contributed by atoms with van der Waals surface area (Å²) in [4.78, 5) is 36.4. The number of halogens is 1. The molecule has 1 saturated heterocycles. The molecule has 1 fully saturated rings. The van der Waals surface area contributed by atoms with Gasteiger partial charge in [0.15, 0.2) is 0 Å². The summed E-state index contributed by atoms with van der Waals surface area (Å²) in [5.74, 6) is -0.0808. The lowest BCUT2D eigenvalue weighted by Gasteiger charge is -2.39. The van der Waals surface area contributed by atoms with E-state index in [9.17, 15) is 18.0 Å². The second-order valence-corrected chi connectivity index (χ2v) is 14.1. The van der Waals surface area contributed by atoms with Crippen LogP contribution in [-0.4, -0.2) is 80.1 Å². The van der Waals surface area contributed by atoms with E-state index in [2.05, 4.69) is 9.88 Å².